The van der Waals surface area contributed by atoms with Gasteiger partial charge in [-0.15, -0.1) is 0 Å². The van der Waals surface area contributed by atoms with Gasteiger partial charge in [-0.05, 0) is 52.6 Å². The quantitative estimate of drug-likeness (QED) is 0.165. The summed E-state index contributed by atoms with van der Waals surface area (Å²) in [5, 5.41) is 6.29. The Morgan fingerprint density at radius 1 is 0.820 bits per heavy atom. The third kappa shape index (κ3) is 7.26. The lowest BCUT2D eigenvalue weighted by Crippen LogP contribution is -2.41. The fraction of sp³-hybridized carbons (Fsp3) is 0.128. The molecule has 252 valence electrons. The first-order valence-corrected chi connectivity index (χ1v) is 15.7. The van der Waals surface area contributed by atoms with Crippen molar-refractivity contribution in [1.82, 2.24) is 19.8 Å². The van der Waals surface area contributed by atoms with E-state index in [4.69, 9.17) is 0 Å². The Kier molecular flexibility index (Phi) is 9.49. The SMILES string of the molecule is CN(Cc1ccccc1)C(=O)[C@@H](NC(=O)c1cc2cc(NC(=O)c3ccccc3-c3ccc(C(F)(F)F)cc3)cnc2n1C)c1ccccc1. The Labute approximate surface area is 286 Å². The van der Waals surface area contributed by atoms with Gasteiger partial charge in [0.05, 0.1) is 17.4 Å². The zero-order chi connectivity index (χ0) is 35.4. The normalized spacial score (nSPS) is 11.9. The van der Waals surface area contributed by atoms with Crippen LogP contribution in [0.4, 0.5) is 18.9 Å². The minimum absolute atomic E-state index is 0.253. The molecule has 0 saturated heterocycles. The molecular formula is C39H32F3N5O3. The molecule has 0 aliphatic rings. The second-order valence-corrected chi connectivity index (χ2v) is 11.8. The lowest BCUT2D eigenvalue weighted by molar-refractivity contribution is -0.137. The number of amides is 3. The Morgan fingerprint density at radius 2 is 1.46 bits per heavy atom. The second kappa shape index (κ2) is 14.1. The van der Waals surface area contributed by atoms with Crippen molar-refractivity contribution in [3.8, 4) is 11.1 Å². The van der Waals surface area contributed by atoms with E-state index in [-0.39, 0.29) is 17.2 Å². The highest BCUT2D eigenvalue weighted by molar-refractivity contribution is 6.09. The lowest BCUT2D eigenvalue weighted by Gasteiger charge is -2.25. The number of pyridine rings is 1. The van der Waals surface area contributed by atoms with Crippen LogP contribution in [0, 0.1) is 0 Å². The Balaban J connectivity index is 1.22. The van der Waals surface area contributed by atoms with E-state index in [1.54, 1.807) is 84.2 Å². The van der Waals surface area contributed by atoms with E-state index in [1.807, 2.05) is 36.4 Å². The molecule has 50 heavy (non-hydrogen) atoms. The Hall–Kier alpha value is -6.23. The maximum absolute atomic E-state index is 13.7. The van der Waals surface area contributed by atoms with Crippen molar-refractivity contribution in [3.05, 3.63) is 155 Å². The summed E-state index contributed by atoms with van der Waals surface area (Å²) < 4.78 is 40.9. The van der Waals surface area contributed by atoms with Gasteiger partial charge in [-0.2, -0.15) is 13.2 Å². The van der Waals surface area contributed by atoms with Crippen LogP contribution in [-0.2, 0) is 24.6 Å². The number of aryl methyl sites for hydroxylation is 1. The highest BCUT2D eigenvalue weighted by Gasteiger charge is 2.30. The van der Waals surface area contributed by atoms with Gasteiger partial charge in [0.2, 0.25) is 5.91 Å². The lowest BCUT2D eigenvalue weighted by atomic mass is 9.98. The molecule has 2 heterocycles. The maximum Gasteiger partial charge on any atom is 0.416 e. The zero-order valence-electron chi connectivity index (χ0n) is 27.1. The van der Waals surface area contributed by atoms with Crippen molar-refractivity contribution in [3.63, 3.8) is 0 Å². The van der Waals surface area contributed by atoms with E-state index < -0.39 is 29.6 Å². The van der Waals surface area contributed by atoms with Crippen LogP contribution in [0.25, 0.3) is 22.2 Å². The first kappa shape index (κ1) is 33.7. The molecule has 3 amide bonds. The first-order valence-electron chi connectivity index (χ1n) is 15.7. The van der Waals surface area contributed by atoms with Gasteiger partial charge in [-0.1, -0.05) is 91.0 Å². The molecule has 0 aliphatic carbocycles. The van der Waals surface area contributed by atoms with Crippen LogP contribution >= 0.6 is 0 Å². The average Bonchev–Trinajstić information content (AvgIpc) is 3.46. The summed E-state index contributed by atoms with van der Waals surface area (Å²) in [4.78, 5) is 46.9. The number of rotatable bonds is 9. The van der Waals surface area contributed by atoms with Gasteiger partial charge in [0.15, 0.2) is 0 Å². The predicted molar refractivity (Wildman–Crippen MR) is 185 cm³/mol. The Morgan fingerprint density at radius 3 is 2.14 bits per heavy atom. The number of nitrogens with zero attached hydrogens (tertiary/aromatic N) is 3. The summed E-state index contributed by atoms with van der Waals surface area (Å²) >= 11 is 0. The summed E-state index contributed by atoms with van der Waals surface area (Å²) in [7, 11) is 3.37. The van der Waals surface area contributed by atoms with Gasteiger partial charge in [-0.3, -0.25) is 14.4 Å². The van der Waals surface area contributed by atoms with Crippen LogP contribution in [0.3, 0.4) is 0 Å². The van der Waals surface area contributed by atoms with Crippen molar-refractivity contribution in [2.24, 2.45) is 7.05 Å². The predicted octanol–water partition coefficient (Wildman–Crippen LogP) is 7.64. The van der Waals surface area contributed by atoms with Crippen LogP contribution in [0.15, 0.2) is 128 Å². The number of fused-ring (bicyclic) bond motifs is 1. The fourth-order valence-corrected chi connectivity index (χ4v) is 5.77. The van der Waals surface area contributed by atoms with Crippen LogP contribution in [0.1, 0.15) is 43.6 Å². The van der Waals surface area contributed by atoms with Crippen molar-refractivity contribution < 1.29 is 27.6 Å². The van der Waals surface area contributed by atoms with Crippen molar-refractivity contribution in [2.75, 3.05) is 12.4 Å². The number of benzene rings is 4. The van der Waals surface area contributed by atoms with E-state index in [1.165, 1.54) is 18.3 Å². The van der Waals surface area contributed by atoms with Crippen LogP contribution in [-0.4, -0.2) is 39.2 Å². The summed E-state index contributed by atoms with van der Waals surface area (Å²) in [5.74, 6) is -1.26. The molecule has 1 atom stereocenters. The number of nitrogens with one attached hydrogen (secondary N) is 2. The van der Waals surface area contributed by atoms with Gasteiger partial charge in [0.25, 0.3) is 11.8 Å². The van der Waals surface area contributed by atoms with Crippen molar-refractivity contribution in [2.45, 2.75) is 18.8 Å². The molecule has 0 fully saturated rings. The number of alkyl halides is 3. The molecule has 8 nitrogen and oxygen atoms in total. The Bertz CT molecular complexity index is 2170. The average molecular weight is 676 g/mol. The maximum atomic E-state index is 13.7. The summed E-state index contributed by atoms with van der Waals surface area (Å²) in [5.41, 5.74) is 3.05. The standard InChI is InChI=1S/C39H32F3N5O3/c1-46(24-25-11-5-3-6-12-25)38(50)34(27-13-7-4-8-14-27)45-37(49)33-22-28-21-30(23-43-35(28)47(33)2)44-36(48)32-16-10-9-15-31(32)26-17-19-29(20-18-26)39(40,41)42/h3-23,34H,24H2,1-2H3,(H,44,48)(H,45,49)/t34-/m0/s1. The van der Waals surface area contributed by atoms with Crippen LogP contribution < -0.4 is 10.6 Å². The topological polar surface area (TPSA) is 96.3 Å². The summed E-state index contributed by atoms with van der Waals surface area (Å²) in [6.07, 6.45) is -3.02. The number of likely N-dealkylation sites (N-methyl/N-ethyl adjacent to an activating group) is 1. The highest BCUT2D eigenvalue weighted by atomic mass is 19.4. The molecule has 11 heteroatoms. The third-order valence-electron chi connectivity index (χ3n) is 8.35. The highest BCUT2D eigenvalue weighted by Crippen LogP contribution is 2.32. The second-order valence-electron chi connectivity index (χ2n) is 11.8. The number of carbonyl (C=O) groups is 3. The van der Waals surface area contributed by atoms with Gasteiger partial charge >= 0.3 is 6.18 Å². The van der Waals surface area contributed by atoms with E-state index in [0.717, 1.165) is 17.7 Å². The molecule has 4 aromatic carbocycles. The van der Waals surface area contributed by atoms with Crippen molar-refractivity contribution in [1.29, 1.82) is 0 Å². The van der Waals surface area contributed by atoms with E-state index in [9.17, 15) is 27.6 Å². The smallest absolute Gasteiger partial charge is 0.339 e. The van der Waals surface area contributed by atoms with Gasteiger partial charge < -0.3 is 20.1 Å². The summed E-state index contributed by atoms with van der Waals surface area (Å²) in [6.45, 7) is 0.361. The number of hydrogen-bond donors (Lipinski definition) is 2. The number of halogens is 3. The number of carbonyl (C=O) groups excluding carboxylic acids is 3. The minimum Gasteiger partial charge on any atom is -0.339 e. The van der Waals surface area contributed by atoms with Crippen LogP contribution in [0.5, 0.6) is 0 Å². The molecule has 0 unspecified atom stereocenters. The van der Waals surface area contributed by atoms with Gasteiger partial charge in [0, 0.05) is 31.6 Å². The van der Waals surface area contributed by atoms with Crippen LogP contribution in [0.2, 0.25) is 0 Å². The molecule has 2 N–H and O–H groups in total. The first-order chi connectivity index (χ1) is 24.0. The number of aromatic nitrogens is 2. The molecule has 0 radical (unpaired) electrons. The zero-order valence-corrected chi connectivity index (χ0v) is 27.1. The number of hydrogen-bond acceptors (Lipinski definition) is 4. The summed E-state index contributed by atoms with van der Waals surface area (Å²) in [6, 6.07) is 32.1. The van der Waals surface area contributed by atoms with Gasteiger partial charge in [-0.25, -0.2) is 4.98 Å². The molecule has 0 saturated carbocycles. The molecular weight excluding hydrogens is 643 g/mol. The molecule has 6 aromatic rings. The molecule has 0 spiro atoms. The third-order valence-corrected chi connectivity index (χ3v) is 8.35. The molecule has 6 rings (SSSR count). The molecule has 0 aliphatic heterocycles. The van der Waals surface area contributed by atoms with E-state index in [0.29, 0.717) is 40.0 Å². The van der Waals surface area contributed by atoms with E-state index >= 15 is 0 Å². The fourth-order valence-electron chi connectivity index (χ4n) is 5.77. The molecule has 0 bridgehead atoms. The van der Waals surface area contributed by atoms with E-state index in [2.05, 4.69) is 15.6 Å². The van der Waals surface area contributed by atoms with Crippen molar-refractivity contribution >= 4 is 34.4 Å². The van der Waals surface area contributed by atoms with Gasteiger partial charge in [0.1, 0.15) is 17.4 Å². The monoisotopic (exact) mass is 675 g/mol. The minimum atomic E-state index is -4.47. The largest absolute Gasteiger partial charge is 0.416 e. The number of anilines is 1. The molecule has 2 aromatic heterocycles.